The molecule has 2 aromatic carbocycles. The molecule has 0 saturated heterocycles. The van der Waals surface area contributed by atoms with Crippen LogP contribution in [-0.2, 0) is 22.6 Å². The molecular formula is C23H22ClN5O4S. The van der Waals surface area contributed by atoms with E-state index < -0.39 is 5.97 Å². The lowest BCUT2D eigenvalue weighted by Gasteiger charge is -2.10. The summed E-state index contributed by atoms with van der Waals surface area (Å²) in [7, 11) is 1.29. The van der Waals surface area contributed by atoms with Gasteiger partial charge in [0.05, 0.1) is 35.6 Å². The molecule has 3 rings (SSSR count). The van der Waals surface area contributed by atoms with Gasteiger partial charge in [0.1, 0.15) is 0 Å². The Morgan fingerprint density at radius 2 is 1.97 bits per heavy atom. The summed E-state index contributed by atoms with van der Waals surface area (Å²) < 4.78 is 6.45. The fraction of sp³-hybridized carbons (Fsp3) is 0.174. The number of ether oxygens (including phenoxy) is 1. The van der Waals surface area contributed by atoms with Gasteiger partial charge in [-0.1, -0.05) is 47.6 Å². The van der Waals surface area contributed by atoms with Crippen molar-refractivity contribution in [2.24, 2.45) is 0 Å². The number of nitrogens with zero attached hydrogens (tertiary/aromatic N) is 3. The fourth-order valence-corrected chi connectivity index (χ4v) is 3.93. The Bertz CT molecular complexity index is 1210. The van der Waals surface area contributed by atoms with Crippen LogP contribution in [0.15, 0.2) is 66.3 Å². The first-order valence-electron chi connectivity index (χ1n) is 10.1. The molecule has 0 aliphatic carbocycles. The van der Waals surface area contributed by atoms with E-state index in [-0.39, 0.29) is 24.1 Å². The van der Waals surface area contributed by atoms with Crippen LogP contribution in [0.3, 0.4) is 0 Å². The van der Waals surface area contributed by atoms with Crippen molar-refractivity contribution in [3.63, 3.8) is 0 Å². The van der Waals surface area contributed by atoms with Crippen LogP contribution < -0.4 is 10.6 Å². The molecule has 2 N–H and O–H groups in total. The van der Waals surface area contributed by atoms with Gasteiger partial charge in [-0.15, -0.1) is 16.8 Å². The third-order valence-corrected chi connectivity index (χ3v) is 5.83. The number of halogens is 1. The maximum Gasteiger partial charge on any atom is 0.337 e. The fourth-order valence-electron chi connectivity index (χ4n) is 2.94. The highest BCUT2D eigenvalue weighted by atomic mass is 35.5. The van der Waals surface area contributed by atoms with E-state index in [1.165, 1.54) is 24.9 Å². The second kappa shape index (κ2) is 12.0. The Morgan fingerprint density at radius 3 is 2.71 bits per heavy atom. The summed E-state index contributed by atoms with van der Waals surface area (Å²) in [6.45, 7) is 4.27. The quantitative estimate of drug-likeness (QED) is 0.249. The Hall–Kier alpha value is -3.63. The molecule has 2 amide bonds. The molecule has 1 heterocycles. The molecule has 0 saturated carbocycles. The van der Waals surface area contributed by atoms with Gasteiger partial charge in [-0.2, -0.15) is 0 Å². The van der Waals surface area contributed by atoms with Crippen molar-refractivity contribution < 1.29 is 19.1 Å². The maximum atomic E-state index is 12.4. The number of methoxy groups -OCH3 is 1. The van der Waals surface area contributed by atoms with Crippen molar-refractivity contribution in [3.05, 3.63) is 83.2 Å². The number of nitrogens with one attached hydrogen (secondary N) is 2. The van der Waals surface area contributed by atoms with E-state index in [1.807, 2.05) is 0 Å². The van der Waals surface area contributed by atoms with Crippen LogP contribution in [-0.4, -0.2) is 45.4 Å². The summed E-state index contributed by atoms with van der Waals surface area (Å²) in [5.74, 6) is -0.537. The minimum absolute atomic E-state index is 0.0592. The standard InChI is InChI=1S/C23H22ClN5O4S/c1-3-11-29-19(13-25-21(31)17-9-4-5-10-18(17)24)27-28-23(29)34-14-20(30)26-16-8-6-7-15(12-16)22(32)33-2/h3-10,12H,1,11,13-14H2,2H3,(H,25,31)(H,26,30). The molecule has 34 heavy (non-hydrogen) atoms. The van der Waals surface area contributed by atoms with Gasteiger partial charge >= 0.3 is 5.97 Å². The number of rotatable bonds is 10. The van der Waals surface area contributed by atoms with E-state index in [1.54, 1.807) is 53.1 Å². The van der Waals surface area contributed by atoms with Crippen LogP contribution in [0.25, 0.3) is 0 Å². The zero-order valence-electron chi connectivity index (χ0n) is 18.3. The molecule has 1 aromatic heterocycles. The van der Waals surface area contributed by atoms with Crippen molar-refractivity contribution in [2.45, 2.75) is 18.2 Å². The van der Waals surface area contributed by atoms with E-state index in [2.05, 4.69) is 27.4 Å². The van der Waals surface area contributed by atoms with E-state index in [0.29, 0.717) is 39.4 Å². The van der Waals surface area contributed by atoms with Crippen molar-refractivity contribution in [1.29, 1.82) is 0 Å². The van der Waals surface area contributed by atoms with Gasteiger partial charge in [-0.25, -0.2) is 4.79 Å². The summed E-state index contributed by atoms with van der Waals surface area (Å²) in [4.78, 5) is 36.5. The van der Waals surface area contributed by atoms with Crippen molar-refractivity contribution in [1.82, 2.24) is 20.1 Å². The molecule has 0 bridgehead atoms. The molecule has 0 aliphatic heterocycles. The molecule has 0 fully saturated rings. The number of aromatic nitrogens is 3. The van der Waals surface area contributed by atoms with E-state index in [0.717, 1.165) is 0 Å². The number of thioether (sulfide) groups is 1. The second-order valence-corrected chi connectivity index (χ2v) is 8.22. The van der Waals surface area contributed by atoms with Crippen molar-refractivity contribution in [3.8, 4) is 0 Å². The van der Waals surface area contributed by atoms with Crippen LogP contribution >= 0.6 is 23.4 Å². The average molecular weight is 500 g/mol. The number of hydrogen-bond acceptors (Lipinski definition) is 7. The van der Waals surface area contributed by atoms with Crippen molar-refractivity contribution in [2.75, 3.05) is 18.2 Å². The van der Waals surface area contributed by atoms with Gasteiger partial charge in [0.25, 0.3) is 5.91 Å². The summed E-state index contributed by atoms with van der Waals surface area (Å²) in [6, 6.07) is 13.2. The Balaban J connectivity index is 1.61. The summed E-state index contributed by atoms with van der Waals surface area (Å²) in [5, 5.41) is 14.6. The van der Waals surface area contributed by atoms with Gasteiger partial charge in [-0.05, 0) is 30.3 Å². The van der Waals surface area contributed by atoms with Crippen LogP contribution in [0.5, 0.6) is 0 Å². The van der Waals surface area contributed by atoms with Gasteiger partial charge in [-0.3, -0.25) is 9.59 Å². The molecule has 0 aliphatic rings. The number of anilines is 1. The SMILES string of the molecule is C=CCn1c(CNC(=O)c2ccccc2Cl)nnc1SCC(=O)Nc1cccc(C(=O)OC)c1. The largest absolute Gasteiger partial charge is 0.465 e. The number of esters is 1. The first kappa shape index (κ1) is 25.0. The summed E-state index contributed by atoms with van der Waals surface area (Å²) in [5.41, 5.74) is 1.17. The topological polar surface area (TPSA) is 115 Å². The lowest BCUT2D eigenvalue weighted by Crippen LogP contribution is -2.25. The predicted molar refractivity (Wildman–Crippen MR) is 130 cm³/mol. The number of benzene rings is 2. The van der Waals surface area contributed by atoms with Crippen LogP contribution in [0.1, 0.15) is 26.5 Å². The predicted octanol–water partition coefficient (Wildman–Crippen LogP) is 3.56. The van der Waals surface area contributed by atoms with Crippen LogP contribution in [0, 0.1) is 0 Å². The molecule has 0 unspecified atom stereocenters. The van der Waals surface area contributed by atoms with Gasteiger partial charge in [0, 0.05) is 12.2 Å². The first-order valence-corrected chi connectivity index (χ1v) is 11.5. The zero-order chi connectivity index (χ0) is 24.5. The maximum absolute atomic E-state index is 12.4. The molecule has 0 spiro atoms. The lowest BCUT2D eigenvalue weighted by atomic mass is 10.2. The molecule has 0 atom stereocenters. The monoisotopic (exact) mass is 499 g/mol. The lowest BCUT2D eigenvalue weighted by molar-refractivity contribution is -0.113. The molecule has 9 nitrogen and oxygen atoms in total. The van der Waals surface area contributed by atoms with E-state index in [9.17, 15) is 14.4 Å². The van der Waals surface area contributed by atoms with E-state index in [4.69, 9.17) is 16.3 Å². The van der Waals surface area contributed by atoms with Crippen LogP contribution in [0.4, 0.5) is 5.69 Å². The third-order valence-electron chi connectivity index (χ3n) is 4.53. The van der Waals surface area contributed by atoms with Gasteiger partial charge in [0.15, 0.2) is 11.0 Å². The first-order chi connectivity index (χ1) is 16.4. The number of hydrogen-bond donors (Lipinski definition) is 2. The van der Waals surface area contributed by atoms with Crippen molar-refractivity contribution >= 4 is 46.8 Å². The highest BCUT2D eigenvalue weighted by Crippen LogP contribution is 2.19. The molecule has 0 radical (unpaired) electrons. The Kier molecular flexibility index (Phi) is 8.83. The van der Waals surface area contributed by atoms with E-state index >= 15 is 0 Å². The molecule has 176 valence electrons. The number of amides is 2. The minimum atomic E-state index is -0.489. The smallest absolute Gasteiger partial charge is 0.337 e. The number of allylic oxidation sites excluding steroid dienone is 1. The average Bonchev–Trinajstić information content (AvgIpc) is 3.22. The normalized spacial score (nSPS) is 10.4. The van der Waals surface area contributed by atoms with Gasteiger partial charge in [0.2, 0.25) is 5.91 Å². The molecule has 11 heteroatoms. The highest BCUT2D eigenvalue weighted by Gasteiger charge is 2.16. The third kappa shape index (κ3) is 6.46. The van der Waals surface area contributed by atoms with Gasteiger partial charge < -0.3 is 19.9 Å². The molecule has 3 aromatic rings. The Morgan fingerprint density at radius 1 is 1.18 bits per heavy atom. The number of carbonyl (C=O) groups excluding carboxylic acids is 3. The summed E-state index contributed by atoms with van der Waals surface area (Å²) >= 11 is 7.26. The minimum Gasteiger partial charge on any atom is -0.465 e. The molecular weight excluding hydrogens is 478 g/mol. The second-order valence-electron chi connectivity index (χ2n) is 6.87. The summed E-state index contributed by atoms with van der Waals surface area (Å²) in [6.07, 6.45) is 1.67. The highest BCUT2D eigenvalue weighted by molar-refractivity contribution is 7.99. The van der Waals surface area contributed by atoms with Crippen LogP contribution in [0.2, 0.25) is 5.02 Å². The zero-order valence-corrected chi connectivity index (χ0v) is 19.9. The Labute approximate surface area is 205 Å². The number of carbonyl (C=O) groups is 3.